The lowest BCUT2D eigenvalue weighted by Crippen LogP contribution is -2.36. The Kier molecular flexibility index (Phi) is 4.20. The Balaban J connectivity index is 2.82. The maximum absolute atomic E-state index is 11.8. The number of non-ortho nitro benzene ring substituents is 1. The Hall–Kier alpha value is -1.91. The molecule has 0 bridgehead atoms. The number of benzene rings is 1. The number of nitrogens with zero attached hydrogens (tertiary/aromatic N) is 1. The minimum absolute atomic E-state index is 0.0294. The molecule has 92 valence electrons. The van der Waals surface area contributed by atoms with Crippen LogP contribution in [0.2, 0.25) is 0 Å². The van der Waals surface area contributed by atoms with Crippen molar-refractivity contribution in [2.75, 3.05) is 0 Å². The number of carbonyl (C=O) groups is 1. The molecule has 0 saturated heterocycles. The highest BCUT2D eigenvalue weighted by Crippen LogP contribution is 2.13. The minimum atomic E-state index is -0.511. The minimum Gasteiger partial charge on any atom is -0.349 e. The number of hydrogen-bond acceptors (Lipinski definition) is 3. The summed E-state index contributed by atoms with van der Waals surface area (Å²) in [4.78, 5) is 21.9. The monoisotopic (exact) mass is 236 g/mol. The van der Waals surface area contributed by atoms with Crippen LogP contribution in [-0.2, 0) is 0 Å². The van der Waals surface area contributed by atoms with Gasteiger partial charge in [-0.3, -0.25) is 14.9 Å². The van der Waals surface area contributed by atoms with Crippen LogP contribution in [0.1, 0.15) is 31.1 Å². The zero-order chi connectivity index (χ0) is 13.0. The van der Waals surface area contributed by atoms with E-state index >= 15 is 0 Å². The Morgan fingerprint density at radius 3 is 2.53 bits per heavy atom. The molecule has 1 amide bonds. The normalized spacial score (nSPS) is 12.2. The fourth-order valence-electron chi connectivity index (χ4n) is 1.22. The quantitative estimate of drug-likeness (QED) is 0.644. The Morgan fingerprint density at radius 1 is 1.35 bits per heavy atom. The van der Waals surface area contributed by atoms with Crippen molar-refractivity contribution in [3.05, 3.63) is 39.9 Å². The third-order valence-electron chi connectivity index (χ3n) is 2.68. The molecule has 5 heteroatoms. The molecule has 0 aliphatic carbocycles. The van der Waals surface area contributed by atoms with Crippen LogP contribution in [-0.4, -0.2) is 16.9 Å². The van der Waals surface area contributed by atoms with Gasteiger partial charge in [0.05, 0.1) is 4.92 Å². The maximum atomic E-state index is 11.8. The van der Waals surface area contributed by atoms with Crippen molar-refractivity contribution in [1.29, 1.82) is 0 Å². The molecule has 0 fully saturated rings. The predicted molar refractivity (Wildman–Crippen MR) is 64.9 cm³/mol. The summed E-state index contributed by atoms with van der Waals surface area (Å²) in [6.07, 6.45) is 0. The van der Waals surface area contributed by atoms with Gasteiger partial charge in [0.15, 0.2) is 0 Å². The van der Waals surface area contributed by atoms with Crippen LogP contribution >= 0.6 is 0 Å². The molecule has 0 saturated carbocycles. The highest BCUT2D eigenvalue weighted by Gasteiger charge is 2.14. The maximum Gasteiger partial charge on any atom is 0.270 e. The van der Waals surface area contributed by atoms with Gasteiger partial charge in [0.2, 0.25) is 0 Å². The van der Waals surface area contributed by atoms with Crippen molar-refractivity contribution in [3.8, 4) is 0 Å². The lowest BCUT2D eigenvalue weighted by molar-refractivity contribution is -0.384. The number of amides is 1. The average molecular weight is 236 g/mol. The van der Waals surface area contributed by atoms with Gasteiger partial charge in [-0.2, -0.15) is 0 Å². The van der Waals surface area contributed by atoms with Crippen LogP contribution in [0.15, 0.2) is 24.3 Å². The summed E-state index contributed by atoms with van der Waals surface area (Å²) in [5, 5.41) is 13.4. The first kappa shape index (κ1) is 13.2. The van der Waals surface area contributed by atoms with Gasteiger partial charge < -0.3 is 5.32 Å². The van der Waals surface area contributed by atoms with E-state index in [2.05, 4.69) is 5.32 Å². The molecule has 0 radical (unpaired) electrons. The summed E-state index contributed by atoms with van der Waals surface area (Å²) in [7, 11) is 0. The van der Waals surface area contributed by atoms with E-state index in [0.29, 0.717) is 11.5 Å². The van der Waals surface area contributed by atoms with E-state index in [1.807, 2.05) is 20.8 Å². The summed E-state index contributed by atoms with van der Waals surface area (Å²) < 4.78 is 0. The number of nitrogens with one attached hydrogen (secondary N) is 1. The van der Waals surface area contributed by atoms with Crippen molar-refractivity contribution in [2.24, 2.45) is 5.92 Å². The van der Waals surface area contributed by atoms with E-state index in [0.717, 1.165) is 0 Å². The second-order valence-electron chi connectivity index (χ2n) is 4.31. The lowest BCUT2D eigenvalue weighted by Gasteiger charge is -2.17. The summed E-state index contributed by atoms with van der Waals surface area (Å²) in [6.45, 7) is 5.90. The molecule has 17 heavy (non-hydrogen) atoms. The lowest BCUT2D eigenvalue weighted by atomic mass is 10.1. The molecular weight excluding hydrogens is 220 g/mol. The Labute approximate surface area is 100.0 Å². The van der Waals surface area contributed by atoms with Crippen LogP contribution in [0, 0.1) is 16.0 Å². The standard InChI is InChI=1S/C12H16N2O3/c1-8(2)9(3)13-12(15)10-5-4-6-11(7-10)14(16)17/h4-9H,1-3H3,(H,13,15)/t9-/m0/s1. The third kappa shape index (κ3) is 3.55. The molecule has 5 nitrogen and oxygen atoms in total. The van der Waals surface area contributed by atoms with Crippen LogP contribution in [0.3, 0.4) is 0 Å². The number of carbonyl (C=O) groups excluding carboxylic acids is 1. The first-order valence-electron chi connectivity index (χ1n) is 5.47. The number of nitro benzene ring substituents is 1. The topological polar surface area (TPSA) is 72.2 Å². The number of hydrogen-bond donors (Lipinski definition) is 1. The van der Waals surface area contributed by atoms with Crippen molar-refractivity contribution < 1.29 is 9.72 Å². The van der Waals surface area contributed by atoms with E-state index in [4.69, 9.17) is 0 Å². The highest BCUT2D eigenvalue weighted by molar-refractivity contribution is 5.94. The van der Waals surface area contributed by atoms with Crippen molar-refractivity contribution in [3.63, 3.8) is 0 Å². The summed E-state index contributed by atoms with van der Waals surface area (Å²) >= 11 is 0. The summed E-state index contributed by atoms with van der Waals surface area (Å²) in [6, 6.07) is 5.75. The van der Waals surface area contributed by atoms with Crippen LogP contribution in [0.4, 0.5) is 5.69 Å². The Morgan fingerprint density at radius 2 is 2.00 bits per heavy atom. The first-order chi connectivity index (χ1) is 7.91. The molecule has 1 N–H and O–H groups in total. The van der Waals surface area contributed by atoms with Crippen molar-refractivity contribution in [1.82, 2.24) is 5.32 Å². The van der Waals surface area contributed by atoms with Crippen molar-refractivity contribution >= 4 is 11.6 Å². The molecule has 1 aromatic carbocycles. The fraction of sp³-hybridized carbons (Fsp3) is 0.417. The average Bonchev–Trinajstić information content (AvgIpc) is 2.28. The second kappa shape index (κ2) is 5.43. The number of nitro groups is 1. The molecular formula is C12H16N2O3. The zero-order valence-corrected chi connectivity index (χ0v) is 10.1. The van der Waals surface area contributed by atoms with E-state index in [9.17, 15) is 14.9 Å². The van der Waals surface area contributed by atoms with Crippen LogP contribution in [0.5, 0.6) is 0 Å². The van der Waals surface area contributed by atoms with Gasteiger partial charge in [-0.1, -0.05) is 19.9 Å². The first-order valence-corrected chi connectivity index (χ1v) is 5.47. The van der Waals surface area contributed by atoms with E-state index in [-0.39, 0.29) is 17.6 Å². The zero-order valence-electron chi connectivity index (χ0n) is 10.1. The summed E-state index contributed by atoms with van der Waals surface area (Å²) in [5.74, 6) is 0.0348. The molecule has 0 aliphatic heterocycles. The molecule has 0 aliphatic rings. The van der Waals surface area contributed by atoms with Gasteiger partial charge in [0.25, 0.3) is 11.6 Å². The van der Waals surface area contributed by atoms with Crippen LogP contribution in [0.25, 0.3) is 0 Å². The molecule has 0 aromatic heterocycles. The predicted octanol–water partition coefficient (Wildman–Crippen LogP) is 2.37. The van der Waals surface area contributed by atoms with Crippen LogP contribution < -0.4 is 5.32 Å². The van der Waals surface area contributed by atoms with Crippen molar-refractivity contribution in [2.45, 2.75) is 26.8 Å². The van der Waals surface area contributed by atoms with Gasteiger partial charge in [0.1, 0.15) is 0 Å². The fourth-order valence-corrected chi connectivity index (χ4v) is 1.22. The third-order valence-corrected chi connectivity index (χ3v) is 2.68. The molecule has 1 atom stereocenters. The SMILES string of the molecule is CC(C)[C@H](C)NC(=O)c1cccc([N+](=O)[O-])c1. The summed E-state index contributed by atoms with van der Waals surface area (Å²) in [5.41, 5.74) is 0.238. The molecule has 0 spiro atoms. The van der Waals surface area contributed by atoms with Gasteiger partial charge in [-0.25, -0.2) is 0 Å². The molecule has 1 rings (SSSR count). The van der Waals surface area contributed by atoms with Gasteiger partial charge in [-0.05, 0) is 18.9 Å². The van der Waals surface area contributed by atoms with E-state index in [1.165, 1.54) is 18.2 Å². The Bertz CT molecular complexity index is 430. The van der Waals surface area contributed by atoms with Gasteiger partial charge >= 0.3 is 0 Å². The highest BCUT2D eigenvalue weighted by atomic mass is 16.6. The van der Waals surface area contributed by atoms with E-state index in [1.54, 1.807) is 6.07 Å². The number of rotatable bonds is 4. The molecule has 1 aromatic rings. The second-order valence-corrected chi connectivity index (χ2v) is 4.31. The smallest absolute Gasteiger partial charge is 0.270 e. The molecule has 0 unspecified atom stereocenters. The van der Waals surface area contributed by atoms with E-state index < -0.39 is 4.92 Å². The largest absolute Gasteiger partial charge is 0.349 e. The molecule has 0 heterocycles. The van der Waals surface area contributed by atoms with Gasteiger partial charge in [0, 0.05) is 23.7 Å². The van der Waals surface area contributed by atoms with Gasteiger partial charge in [-0.15, -0.1) is 0 Å².